The van der Waals surface area contributed by atoms with Gasteiger partial charge in [0.2, 0.25) is 15.9 Å². The minimum absolute atomic E-state index is 0.172. The van der Waals surface area contributed by atoms with Gasteiger partial charge in [-0.15, -0.1) is 0 Å². The van der Waals surface area contributed by atoms with Gasteiger partial charge in [0.25, 0.3) is 5.91 Å². The monoisotopic (exact) mass is 453 g/mol. The molecule has 1 saturated heterocycles. The SMILES string of the molecule is Cc1cncc2cccc(S(=O)(=O)N3CC[C@H](NC(=O)CNC(=O)c4cccnc4)C3)c12. The fraction of sp³-hybridized carbons (Fsp3) is 0.273. The molecule has 9 nitrogen and oxygen atoms in total. The Morgan fingerprint density at radius 3 is 2.75 bits per heavy atom. The largest absolute Gasteiger partial charge is 0.350 e. The lowest BCUT2D eigenvalue weighted by atomic mass is 10.1. The molecule has 1 fully saturated rings. The lowest BCUT2D eigenvalue weighted by molar-refractivity contribution is -0.120. The molecule has 0 bridgehead atoms. The number of rotatable bonds is 6. The van der Waals surface area contributed by atoms with E-state index in [1.807, 2.05) is 13.0 Å². The second-order valence-electron chi connectivity index (χ2n) is 7.65. The van der Waals surface area contributed by atoms with Gasteiger partial charge in [0.05, 0.1) is 17.0 Å². The quantitative estimate of drug-likeness (QED) is 0.579. The first-order chi connectivity index (χ1) is 15.4. The minimum Gasteiger partial charge on any atom is -0.350 e. The lowest BCUT2D eigenvalue weighted by Gasteiger charge is -2.19. The van der Waals surface area contributed by atoms with Crippen LogP contribution in [-0.4, -0.2) is 60.2 Å². The molecule has 2 N–H and O–H groups in total. The van der Waals surface area contributed by atoms with Crippen molar-refractivity contribution in [2.24, 2.45) is 0 Å². The van der Waals surface area contributed by atoms with Crippen molar-refractivity contribution in [2.75, 3.05) is 19.6 Å². The smallest absolute Gasteiger partial charge is 0.253 e. The van der Waals surface area contributed by atoms with Crippen molar-refractivity contribution < 1.29 is 18.0 Å². The van der Waals surface area contributed by atoms with E-state index in [0.29, 0.717) is 23.9 Å². The second-order valence-corrected chi connectivity index (χ2v) is 9.56. The summed E-state index contributed by atoms with van der Waals surface area (Å²) in [6.07, 6.45) is 6.76. The van der Waals surface area contributed by atoms with Crippen LogP contribution in [0.25, 0.3) is 10.8 Å². The number of aryl methyl sites for hydroxylation is 1. The van der Waals surface area contributed by atoms with Crippen LogP contribution in [0.1, 0.15) is 22.3 Å². The van der Waals surface area contributed by atoms with Crippen LogP contribution in [-0.2, 0) is 14.8 Å². The number of aromatic nitrogens is 2. The van der Waals surface area contributed by atoms with Crippen LogP contribution in [0.2, 0.25) is 0 Å². The van der Waals surface area contributed by atoms with E-state index in [4.69, 9.17) is 0 Å². The molecule has 2 amide bonds. The summed E-state index contributed by atoms with van der Waals surface area (Å²) < 4.78 is 28.1. The maximum Gasteiger partial charge on any atom is 0.253 e. The minimum atomic E-state index is -3.74. The number of amides is 2. The first-order valence-corrected chi connectivity index (χ1v) is 11.6. The normalized spacial score (nSPS) is 16.7. The number of nitrogens with zero attached hydrogens (tertiary/aromatic N) is 3. The van der Waals surface area contributed by atoms with Crippen LogP contribution in [0.5, 0.6) is 0 Å². The first-order valence-electron chi connectivity index (χ1n) is 10.2. The number of carbonyl (C=O) groups is 2. The fourth-order valence-electron chi connectivity index (χ4n) is 3.83. The molecule has 10 heteroatoms. The molecule has 1 aliphatic rings. The molecule has 2 aromatic heterocycles. The highest BCUT2D eigenvalue weighted by Crippen LogP contribution is 2.29. The fourth-order valence-corrected chi connectivity index (χ4v) is 5.62. The summed E-state index contributed by atoms with van der Waals surface area (Å²) in [5.74, 6) is -0.775. The summed E-state index contributed by atoms with van der Waals surface area (Å²) in [6.45, 7) is 2.11. The lowest BCUT2D eigenvalue weighted by Crippen LogP contribution is -2.43. The molecule has 0 unspecified atom stereocenters. The van der Waals surface area contributed by atoms with E-state index in [-0.39, 0.29) is 29.9 Å². The van der Waals surface area contributed by atoms with Crippen molar-refractivity contribution in [3.05, 3.63) is 66.2 Å². The second kappa shape index (κ2) is 9.01. The molecule has 1 atom stereocenters. The Kier molecular flexibility index (Phi) is 6.15. The van der Waals surface area contributed by atoms with Gasteiger partial charge in [-0.3, -0.25) is 19.6 Å². The van der Waals surface area contributed by atoms with Gasteiger partial charge in [-0.05, 0) is 37.1 Å². The number of nitrogens with one attached hydrogen (secondary N) is 2. The van der Waals surface area contributed by atoms with Crippen LogP contribution in [0.15, 0.2) is 60.0 Å². The van der Waals surface area contributed by atoms with E-state index in [1.54, 1.807) is 42.9 Å². The molecular formula is C22H23N5O4S. The molecule has 1 aliphatic heterocycles. The average molecular weight is 454 g/mol. The highest BCUT2D eigenvalue weighted by Gasteiger charge is 2.34. The number of carbonyl (C=O) groups excluding carboxylic acids is 2. The predicted molar refractivity (Wildman–Crippen MR) is 118 cm³/mol. The number of pyridine rings is 2. The van der Waals surface area contributed by atoms with E-state index < -0.39 is 15.9 Å². The van der Waals surface area contributed by atoms with Crippen molar-refractivity contribution in [2.45, 2.75) is 24.3 Å². The zero-order valence-electron chi connectivity index (χ0n) is 17.5. The van der Waals surface area contributed by atoms with Crippen molar-refractivity contribution in [1.29, 1.82) is 0 Å². The van der Waals surface area contributed by atoms with E-state index in [0.717, 1.165) is 10.9 Å². The number of hydrogen-bond acceptors (Lipinski definition) is 6. The first kappa shape index (κ1) is 21.8. The van der Waals surface area contributed by atoms with Gasteiger partial charge in [0.1, 0.15) is 0 Å². The van der Waals surface area contributed by atoms with Gasteiger partial charge >= 0.3 is 0 Å². The van der Waals surface area contributed by atoms with Crippen LogP contribution in [0, 0.1) is 6.92 Å². The molecule has 0 saturated carbocycles. The number of fused-ring (bicyclic) bond motifs is 1. The predicted octanol–water partition coefficient (Wildman–Crippen LogP) is 1.25. The Morgan fingerprint density at radius 1 is 1.12 bits per heavy atom. The molecule has 3 aromatic rings. The summed E-state index contributed by atoms with van der Waals surface area (Å²) in [5, 5.41) is 6.76. The molecular weight excluding hydrogens is 430 g/mol. The maximum absolute atomic E-state index is 13.3. The Hall–Kier alpha value is -3.37. The van der Waals surface area contributed by atoms with Crippen molar-refractivity contribution in [3.63, 3.8) is 0 Å². The number of sulfonamides is 1. The third-order valence-corrected chi connectivity index (χ3v) is 7.31. The summed E-state index contributed by atoms with van der Waals surface area (Å²) >= 11 is 0. The van der Waals surface area contributed by atoms with Crippen molar-refractivity contribution in [3.8, 4) is 0 Å². The summed E-state index contributed by atoms with van der Waals surface area (Å²) in [4.78, 5) is 32.6. The Morgan fingerprint density at radius 2 is 1.97 bits per heavy atom. The molecule has 0 radical (unpaired) electrons. The number of benzene rings is 1. The van der Waals surface area contributed by atoms with Crippen molar-refractivity contribution in [1.82, 2.24) is 24.9 Å². The highest BCUT2D eigenvalue weighted by molar-refractivity contribution is 7.89. The summed E-state index contributed by atoms with van der Waals surface area (Å²) in [7, 11) is -3.74. The van der Waals surface area contributed by atoms with Crippen LogP contribution < -0.4 is 10.6 Å². The topological polar surface area (TPSA) is 121 Å². The zero-order valence-corrected chi connectivity index (χ0v) is 18.3. The van der Waals surface area contributed by atoms with E-state index in [2.05, 4.69) is 20.6 Å². The number of hydrogen-bond donors (Lipinski definition) is 2. The van der Waals surface area contributed by atoms with Gasteiger partial charge in [-0.2, -0.15) is 4.31 Å². The molecule has 3 heterocycles. The van der Waals surface area contributed by atoms with Crippen LogP contribution >= 0.6 is 0 Å². The summed E-state index contributed by atoms with van der Waals surface area (Å²) in [5.41, 5.74) is 1.15. The zero-order chi connectivity index (χ0) is 22.7. The van der Waals surface area contributed by atoms with Gasteiger partial charge in [-0.1, -0.05) is 12.1 Å². The van der Waals surface area contributed by atoms with Crippen molar-refractivity contribution >= 4 is 32.6 Å². The van der Waals surface area contributed by atoms with Gasteiger partial charge < -0.3 is 10.6 Å². The van der Waals surface area contributed by atoms with Crippen LogP contribution in [0.4, 0.5) is 0 Å². The average Bonchev–Trinajstić information content (AvgIpc) is 3.27. The van der Waals surface area contributed by atoms with E-state index >= 15 is 0 Å². The maximum atomic E-state index is 13.3. The Balaban J connectivity index is 1.39. The molecule has 0 spiro atoms. The van der Waals surface area contributed by atoms with E-state index in [1.165, 1.54) is 10.5 Å². The van der Waals surface area contributed by atoms with Gasteiger partial charge in [0.15, 0.2) is 0 Å². The molecule has 1 aromatic carbocycles. The van der Waals surface area contributed by atoms with Gasteiger partial charge in [0, 0.05) is 54.7 Å². The van der Waals surface area contributed by atoms with Crippen LogP contribution in [0.3, 0.4) is 0 Å². The van der Waals surface area contributed by atoms with E-state index in [9.17, 15) is 18.0 Å². The van der Waals surface area contributed by atoms with Gasteiger partial charge in [-0.25, -0.2) is 8.42 Å². The highest BCUT2D eigenvalue weighted by atomic mass is 32.2. The third kappa shape index (κ3) is 4.46. The Bertz CT molecular complexity index is 1260. The summed E-state index contributed by atoms with van der Waals surface area (Å²) in [6, 6.07) is 8.05. The molecule has 166 valence electrons. The third-order valence-electron chi connectivity index (χ3n) is 5.40. The standard InChI is InChI=1S/C22H23N5O4S/c1-15-10-24-11-16-4-2-6-19(21(15)16)32(30,31)27-9-7-18(14-27)26-20(28)13-25-22(29)17-5-3-8-23-12-17/h2-6,8,10-12,18H,7,9,13-14H2,1H3,(H,25,29)(H,26,28)/t18-/m0/s1. The molecule has 4 rings (SSSR count). The molecule has 32 heavy (non-hydrogen) atoms. The molecule has 0 aliphatic carbocycles. The Labute approximate surface area is 185 Å².